The number of imidazole rings is 1. The first-order valence-electron chi connectivity index (χ1n) is 13.2. The molecule has 0 saturated carbocycles. The minimum absolute atomic E-state index is 0.0368. The second-order valence-corrected chi connectivity index (χ2v) is 11.8. The van der Waals surface area contributed by atoms with Gasteiger partial charge in [-0.2, -0.15) is 5.09 Å². The average molecular weight is 611 g/mol. The number of rotatable bonds is 13. The number of benzene rings is 1. The predicted molar refractivity (Wildman–Crippen MR) is 151 cm³/mol. The van der Waals surface area contributed by atoms with Gasteiger partial charge in [-0.25, -0.2) is 14.5 Å². The van der Waals surface area contributed by atoms with Crippen molar-refractivity contribution in [2.24, 2.45) is 5.92 Å². The van der Waals surface area contributed by atoms with E-state index in [9.17, 15) is 19.6 Å². The topological polar surface area (TPSA) is 196 Å². The van der Waals surface area contributed by atoms with E-state index in [0.717, 1.165) is 12.8 Å². The molecule has 6 N–H and O–H groups in total. The summed E-state index contributed by atoms with van der Waals surface area (Å²) in [5.74, 6) is -0.151. The third kappa shape index (κ3) is 7.30. The summed E-state index contributed by atoms with van der Waals surface area (Å²) in [6.45, 7) is 5.27. The summed E-state index contributed by atoms with van der Waals surface area (Å²) < 4.78 is 38.0. The minimum Gasteiger partial charge on any atom is -0.464 e. The predicted octanol–water partition coefficient (Wildman–Crippen LogP) is 2.85. The number of anilines is 1. The van der Waals surface area contributed by atoms with Gasteiger partial charge < -0.3 is 34.9 Å². The molecule has 1 aliphatic heterocycles. The molecule has 14 nitrogen and oxygen atoms in total. The second-order valence-electron chi connectivity index (χ2n) is 9.68. The fraction of sp³-hybridized carbons (Fsp3) is 0.520. The molecule has 1 fully saturated rings. The summed E-state index contributed by atoms with van der Waals surface area (Å²) in [4.78, 5) is 23.6. The van der Waals surface area contributed by atoms with Crippen LogP contribution in [0.15, 0.2) is 36.7 Å². The van der Waals surface area contributed by atoms with Crippen LogP contribution in [0.2, 0.25) is 0 Å². The number of nitrogens with two attached hydrogens (primary N) is 1. The number of ether oxygens (including phenoxy) is 2. The van der Waals surface area contributed by atoms with Crippen LogP contribution in [0.4, 0.5) is 5.95 Å². The molecule has 224 valence electrons. The highest BCUT2D eigenvalue weighted by Crippen LogP contribution is 2.46. The molecule has 1 aromatic carbocycles. The molecule has 4 rings (SSSR count). The van der Waals surface area contributed by atoms with Crippen LogP contribution in [0.5, 0.6) is 5.75 Å². The lowest BCUT2D eigenvalue weighted by Gasteiger charge is -2.25. The maximum atomic E-state index is 13.8. The highest BCUT2D eigenvalue weighted by atomic mass is 32.1. The molecule has 0 amide bonds. The van der Waals surface area contributed by atoms with Crippen molar-refractivity contribution in [2.75, 3.05) is 18.9 Å². The number of aliphatic hydroxyl groups excluding tert-OH is 2. The molecule has 0 bridgehead atoms. The van der Waals surface area contributed by atoms with E-state index in [1.165, 1.54) is 17.8 Å². The Morgan fingerprint density at radius 3 is 2.66 bits per heavy atom. The average Bonchev–Trinajstić information content (AvgIpc) is 3.48. The Morgan fingerprint density at radius 1 is 1.27 bits per heavy atom. The number of nitrogens with zero attached hydrogens (tertiary/aromatic N) is 3. The van der Waals surface area contributed by atoms with Gasteiger partial charge in [-0.1, -0.05) is 57.1 Å². The molecular formula is C25H35N6O8PS. The third-order valence-electron chi connectivity index (χ3n) is 6.78. The fourth-order valence-electron chi connectivity index (χ4n) is 4.26. The second kappa shape index (κ2) is 13.4. The smallest absolute Gasteiger partial charge is 0.459 e. The SMILES string of the molecule is CCC(CC)COC(=O)[C@H](C)NP(=O)(OC[C@H]1O[C@@H](n2cnc3c(=S)nc(N)[nH]c32)[C@H](O)[C@@H]1O)Oc1ccccc1. The number of nitrogens with one attached hydrogen (secondary N) is 2. The largest absolute Gasteiger partial charge is 0.464 e. The molecule has 16 heteroatoms. The first-order valence-corrected chi connectivity index (χ1v) is 15.2. The Balaban J connectivity index is 1.48. The number of carbonyl (C=O) groups is 1. The van der Waals surface area contributed by atoms with Crippen LogP contribution in [0.1, 0.15) is 39.8 Å². The molecule has 41 heavy (non-hydrogen) atoms. The van der Waals surface area contributed by atoms with Crippen LogP contribution >= 0.6 is 20.0 Å². The van der Waals surface area contributed by atoms with Crippen molar-refractivity contribution in [1.82, 2.24) is 24.6 Å². The normalized spacial score (nSPS) is 23.0. The van der Waals surface area contributed by atoms with Crippen LogP contribution in [0, 0.1) is 10.6 Å². The summed E-state index contributed by atoms with van der Waals surface area (Å²) in [5, 5.41) is 24.1. The van der Waals surface area contributed by atoms with Crippen molar-refractivity contribution < 1.29 is 38.1 Å². The van der Waals surface area contributed by atoms with Crippen LogP contribution in [0.25, 0.3) is 11.2 Å². The zero-order valence-electron chi connectivity index (χ0n) is 22.9. The van der Waals surface area contributed by atoms with Crippen LogP contribution in [-0.2, 0) is 23.4 Å². The molecule has 1 aliphatic rings. The van der Waals surface area contributed by atoms with E-state index in [-0.39, 0.29) is 28.9 Å². The first-order chi connectivity index (χ1) is 19.5. The number of H-pyrrole nitrogens is 1. The summed E-state index contributed by atoms with van der Waals surface area (Å²) in [6, 6.07) is 7.21. The Kier molecular flexibility index (Phi) is 10.1. The quantitative estimate of drug-likeness (QED) is 0.108. The standard InChI is InChI=1S/C25H35N6O8PS/c1-4-15(5-2)11-36-24(34)14(3)30-40(35,39-16-9-7-6-8-10-16)37-12-17-19(32)20(33)23(38-17)31-13-27-18-21(31)28-25(26)29-22(18)41/h6-10,13-15,17,19-20,23,32-33H,4-5,11-12H2,1-3H3,(H,30,35)(H3,26,28,29,41)/t14-,17+,19+,20+,23+,40?/m0/s1. The zero-order chi connectivity index (χ0) is 29.7. The van der Waals surface area contributed by atoms with Gasteiger partial charge in [0.1, 0.15) is 41.3 Å². The lowest BCUT2D eigenvalue weighted by atomic mass is 10.1. The fourth-order valence-corrected chi connectivity index (χ4v) is 6.01. The van der Waals surface area contributed by atoms with E-state index in [1.807, 2.05) is 13.8 Å². The maximum Gasteiger partial charge on any atom is 0.459 e. The summed E-state index contributed by atoms with van der Waals surface area (Å²) >= 11 is 5.19. The highest BCUT2D eigenvalue weighted by molar-refractivity contribution is 7.71. The van der Waals surface area contributed by atoms with Crippen molar-refractivity contribution in [1.29, 1.82) is 0 Å². The van der Waals surface area contributed by atoms with Crippen LogP contribution < -0.4 is 15.3 Å². The number of aromatic nitrogens is 4. The number of hydrogen-bond acceptors (Lipinski definition) is 12. The monoisotopic (exact) mass is 610 g/mol. The Labute approximate surface area is 241 Å². The lowest BCUT2D eigenvalue weighted by molar-refractivity contribution is -0.146. The molecule has 0 spiro atoms. The number of hydrogen-bond donors (Lipinski definition) is 5. The Bertz CT molecular complexity index is 1430. The van der Waals surface area contributed by atoms with Gasteiger partial charge in [0.05, 0.1) is 19.5 Å². The number of esters is 1. The lowest BCUT2D eigenvalue weighted by Crippen LogP contribution is -2.37. The first kappa shape index (κ1) is 31.0. The molecule has 0 aliphatic carbocycles. The van der Waals surface area contributed by atoms with Crippen LogP contribution in [-0.4, -0.2) is 73.3 Å². The van der Waals surface area contributed by atoms with E-state index in [4.69, 9.17) is 36.5 Å². The number of aliphatic hydroxyl groups is 2. The third-order valence-corrected chi connectivity index (χ3v) is 8.70. The molecule has 3 aromatic rings. The van der Waals surface area contributed by atoms with Crippen molar-refractivity contribution in [3.8, 4) is 5.75 Å². The molecule has 1 unspecified atom stereocenters. The number of para-hydroxylation sites is 1. The Morgan fingerprint density at radius 2 is 1.98 bits per heavy atom. The van der Waals surface area contributed by atoms with Gasteiger partial charge in [0.25, 0.3) is 0 Å². The minimum atomic E-state index is -4.23. The van der Waals surface area contributed by atoms with Crippen molar-refractivity contribution >= 4 is 43.0 Å². The van der Waals surface area contributed by atoms with Crippen molar-refractivity contribution in [3.05, 3.63) is 41.3 Å². The molecular weight excluding hydrogens is 575 g/mol. The van der Waals surface area contributed by atoms with E-state index >= 15 is 0 Å². The number of fused-ring (bicyclic) bond motifs is 1. The van der Waals surface area contributed by atoms with Gasteiger partial charge in [0.15, 0.2) is 16.8 Å². The van der Waals surface area contributed by atoms with Gasteiger partial charge in [-0.15, -0.1) is 0 Å². The Hall–Kier alpha value is -2.91. The molecule has 1 saturated heterocycles. The maximum absolute atomic E-state index is 13.8. The van der Waals surface area contributed by atoms with E-state index < -0.39 is 50.9 Å². The number of aromatic amines is 1. The van der Waals surface area contributed by atoms with Gasteiger partial charge in [0, 0.05) is 0 Å². The van der Waals surface area contributed by atoms with E-state index in [2.05, 4.69) is 20.0 Å². The summed E-state index contributed by atoms with van der Waals surface area (Å²) in [6.07, 6.45) is -2.04. The summed E-state index contributed by atoms with van der Waals surface area (Å²) in [5.41, 5.74) is 6.44. The number of carbonyl (C=O) groups excluding carboxylic acids is 1. The van der Waals surface area contributed by atoms with E-state index in [0.29, 0.717) is 11.2 Å². The zero-order valence-corrected chi connectivity index (χ0v) is 24.6. The number of nitrogen functional groups attached to an aromatic ring is 1. The molecule has 3 heterocycles. The molecule has 0 radical (unpaired) electrons. The van der Waals surface area contributed by atoms with Gasteiger partial charge in [0.2, 0.25) is 0 Å². The van der Waals surface area contributed by atoms with Gasteiger partial charge in [-0.3, -0.25) is 13.9 Å². The van der Waals surface area contributed by atoms with E-state index in [1.54, 1.807) is 30.3 Å². The van der Waals surface area contributed by atoms with Crippen molar-refractivity contribution in [3.63, 3.8) is 0 Å². The summed E-state index contributed by atoms with van der Waals surface area (Å²) in [7, 11) is -4.23. The van der Waals surface area contributed by atoms with Crippen molar-refractivity contribution in [2.45, 2.75) is 64.2 Å². The molecule has 6 atom stereocenters. The highest BCUT2D eigenvalue weighted by Gasteiger charge is 2.46. The van der Waals surface area contributed by atoms with Gasteiger partial charge >= 0.3 is 13.7 Å². The van der Waals surface area contributed by atoms with Crippen LogP contribution in [0.3, 0.4) is 0 Å². The molecule has 2 aromatic heterocycles. The van der Waals surface area contributed by atoms with Gasteiger partial charge in [-0.05, 0) is 25.0 Å².